The molecule has 130 valence electrons. The van der Waals surface area contributed by atoms with Gasteiger partial charge in [0.1, 0.15) is 5.75 Å². The van der Waals surface area contributed by atoms with E-state index in [2.05, 4.69) is 0 Å². The van der Waals surface area contributed by atoms with E-state index in [1.807, 2.05) is 24.3 Å². The topological polar surface area (TPSA) is 44.8 Å². The van der Waals surface area contributed by atoms with Crippen molar-refractivity contribution in [2.45, 2.75) is 58.5 Å². The van der Waals surface area contributed by atoms with Gasteiger partial charge in [0.15, 0.2) is 0 Å². The molecule has 1 rings (SSSR count). The number of carbonyl (C=O) groups is 1. The zero-order valence-corrected chi connectivity index (χ0v) is 14.5. The number of benzene rings is 1. The molecule has 1 aromatic carbocycles. The monoisotopic (exact) mass is 322 g/mol. The fourth-order valence-corrected chi connectivity index (χ4v) is 2.32. The van der Waals surface area contributed by atoms with Crippen LogP contribution >= 0.6 is 0 Å². The number of methoxy groups -OCH3 is 1. The van der Waals surface area contributed by atoms with Crippen LogP contribution in [-0.2, 0) is 20.9 Å². The minimum atomic E-state index is -0.181. The van der Waals surface area contributed by atoms with Gasteiger partial charge < -0.3 is 14.2 Å². The van der Waals surface area contributed by atoms with E-state index >= 15 is 0 Å². The van der Waals surface area contributed by atoms with Gasteiger partial charge in [-0.05, 0) is 30.5 Å². The minimum absolute atomic E-state index is 0.181. The highest BCUT2D eigenvalue weighted by Crippen LogP contribution is 2.12. The van der Waals surface area contributed by atoms with Crippen molar-refractivity contribution >= 4 is 5.97 Å². The number of ether oxygens (including phenoxy) is 3. The van der Waals surface area contributed by atoms with Crippen LogP contribution in [0.25, 0.3) is 0 Å². The Bertz CT molecular complexity index is 414. The second-order valence-electron chi connectivity index (χ2n) is 5.72. The number of esters is 1. The van der Waals surface area contributed by atoms with Crippen molar-refractivity contribution in [3.05, 3.63) is 29.8 Å². The highest BCUT2D eigenvalue weighted by atomic mass is 16.5. The molecule has 0 bridgehead atoms. The summed E-state index contributed by atoms with van der Waals surface area (Å²) in [5.41, 5.74) is 1.18. The fraction of sp³-hybridized carbons (Fsp3) is 0.632. The third-order valence-corrected chi connectivity index (χ3v) is 3.67. The standard InChI is InChI=1S/C19H30O4/c1-17(20)23-15-9-7-5-3-4-6-8-14-22-16-18-10-12-19(21-2)13-11-18/h10-13H,3-9,14-16H2,1-2H3. The summed E-state index contributed by atoms with van der Waals surface area (Å²) in [5, 5.41) is 0. The maximum atomic E-state index is 10.6. The van der Waals surface area contributed by atoms with Crippen molar-refractivity contribution in [2.75, 3.05) is 20.3 Å². The van der Waals surface area contributed by atoms with Gasteiger partial charge in [-0.3, -0.25) is 4.79 Å². The zero-order valence-electron chi connectivity index (χ0n) is 14.5. The molecule has 23 heavy (non-hydrogen) atoms. The lowest BCUT2D eigenvalue weighted by Gasteiger charge is -2.06. The summed E-state index contributed by atoms with van der Waals surface area (Å²) in [5.74, 6) is 0.696. The Kier molecular flexibility index (Phi) is 11.0. The molecule has 0 saturated heterocycles. The van der Waals surface area contributed by atoms with Gasteiger partial charge in [-0.2, -0.15) is 0 Å². The highest BCUT2D eigenvalue weighted by Gasteiger charge is 1.97. The lowest BCUT2D eigenvalue weighted by atomic mass is 10.1. The SMILES string of the molecule is COc1ccc(COCCCCCCCCCOC(C)=O)cc1. The first-order valence-electron chi connectivity index (χ1n) is 8.56. The van der Waals surface area contributed by atoms with Crippen LogP contribution in [0.4, 0.5) is 0 Å². The lowest BCUT2D eigenvalue weighted by molar-refractivity contribution is -0.141. The summed E-state index contributed by atoms with van der Waals surface area (Å²) >= 11 is 0. The summed E-state index contributed by atoms with van der Waals surface area (Å²) in [6.07, 6.45) is 8.16. The highest BCUT2D eigenvalue weighted by molar-refractivity contribution is 5.65. The van der Waals surface area contributed by atoms with E-state index in [9.17, 15) is 4.79 Å². The number of hydrogen-bond acceptors (Lipinski definition) is 4. The van der Waals surface area contributed by atoms with Gasteiger partial charge in [-0.25, -0.2) is 0 Å². The summed E-state index contributed by atoms with van der Waals surface area (Å²) in [4.78, 5) is 10.6. The number of hydrogen-bond donors (Lipinski definition) is 0. The molecule has 4 nitrogen and oxygen atoms in total. The summed E-state index contributed by atoms with van der Waals surface area (Å²) < 4.78 is 15.7. The molecule has 0 aromatic heterocycles. The van der Waals surface area contributed by atoms with Crippen molar-refractivity contribution in [3.63, 3.8) is 0 Å². The van der Waals surface area contributed by atoms with Gasteiger partial charge in [0.05, 0.1) is 20.3 Å². The van der Waals surface area contributed by atoms with Gasteiger partial charge in [-0.1, -0.05) is 44.2 Å². The van der Waals surface area contributed by atoms with Crippen molar-refractivity contribution in [2.24, 2.45) is 0 Å². The van der Waals surface area contributed by atoms with Gasteiger partial charge in [0.2, 0.25) is 0 Å². The number of carbonyl (C=O) groups excluding carboxylic acids is 1. The molecule has 0 atom stereocenters. The first kappa shape index (κ1) is 19.5. The normalized spacial score (nSPS) is 10.5. The predicted octanol–water partition coefficient (Wildman–Crippen LogP) is 4.51. The van der Waals surface area contributed by atoms with Crippen molar-refractivity contribution < 1.29 is 19.0 Å². The fourth-order valence-electron chi connectivity index (χ4n) is 2.32. The molecule has 4 heteroatoms. The van der Waals surface area contributed by atoms with E-state index in [0.29, 0.717) is 13.2 Å². The molecule has 0 aliphatic rings. The Morgan fingerprint density at radius 2 is 1.43 bits per heavy atom. The van der Waals surface area contributed by atoms with Gasteiger partial charge in [0.25, 0.3) is 0 Å². The summed E-state index contributed by atoms with van der Waals surface area (Å²) in [6, 6.07) is 7.99. The third-order valence-electron chi connectivity index (χ3n) is 3.67. The minimum Gasteiger partial charge on any atom is -0.497 e. The molecular weight excluding hydrogens is 292 g/mol. The van der Waals surface area contributed by atoms with E-state index < -0.39 is 0 Å². The zero-order chi connectivity index (χ0) is 16.8. The second kappa shape index (κ2) is 12.9. The van der Waals surface area contributed by atoms with Crippen molar-refractivity contribution in [1.29, 1.82) is 0 Å². The van der Waals surface area contributed by atoms with Crippen LogP contribution in [0.2, 0.25) is 0 Å². The maximum absolute atomic E-state index is 10.6. The number of rotatable bonds is 13. The maximum Gasteiger partial charge on any atom is 0.302 e. The molecule has 0 saturated carbocycles. The number of unbranched alkanes of at least 4 members (excludes halogenated alkanes) is 6. The summed E-state index contributed by atoms with van der Waals surface area (Å²) in [7, 11) is 1.67. The largest absolute Gasteiger partial charge is 0.497 e. The summed E-state index contributed by atoms with van der Waals surface area (Å²) in [6.45, 7) is 3.50. The van der Waals surface area contributed by atoms with Crippen LogP contribution < -0.4 is 4.74 Å². The van der Waals surface area contributed by atoms with Crippen molar-refractivity contribution in [3.8, 4) is 5.75 Å². The molecule has 0 heterocycles. The predicted molar refractivity (Wildman–Crippen MR) is 91.6 cm³/mol. The van der Waals surface area contributed by atoms with Gasteiger partial charge >= 0.3 is 5.97 Å². The Morgan fingerprint density at radius 1 is 0.870 bits per heavy atom. The van der Waals surface area contributed by atoms with E-state index in [0.717, 1.165) is 31.6 Å². The average molecular weight is 322 g/mol. The molecule has 0 N–H and O–H groups in total. The molecule has 0 aliphatic carbocycles. The Balaban J connectivity index is 1.85. The van der Waals surface area contributed by atoms with Crippen LogP contribution in [0.5, 0.6) is 5.75 Å². The van der Waals surface area contributed by atoms with Crippen LogP contribution in [0.15, 0.2) is 24.3 Å². The van der Waals surface area contributed by atoms with E-state index in [1.54, 1.807) is 7.11 Å². The van der Waals surface area contributed by atoms with Crippen LogP contribution in [-0.4, -0.2) is 26.3 Å². The molecule has 0 fully saturated rings. The molecule has 0 amide bonds. The van der Waals surface area contributed by atoms with Gasteiger partial charge in [-0.15, -0.1) is 0 Å². The molecular formula is C19H30O4. The molecule has 0 unspecified atom stereocenters. The first-order chi connectivity index (χ1) is 11.2. The average Bonchev–Trinajstić information content (AvgIpc) is 2.56. The van der Waals surface area contributed by atoms with E-state index in [1.165, 1.54) is 38.2 Å². The van der Waals surface area contributed by atoms with Crippen LogP contribution in [0.1, 0.15) is 57.4 Å². The molecule has 1 aromatic rings. The van der Waals surface area contributed by atoms with Gasteiger partial charge in [0, 0.05) is 13.5 Å². The van der Waals surface area contributed by atoms with E-state index in [4.69, 9.17) is 14.2 Å². The molecule has 0 radical (unpaired) electrons. The Hall–Kier alpha value is -1.55. The third kappa shape index (κ3) is 10.7. The smallest absolute Gasteiger partial charge is 0.302 e. The van der Waals surface area contributed by atoms with Crippen LogP contribution in [0.3, 0.4) is 0 Å². The lowest BCUT2D eigenvalue weighted by Crippen LogP contribution is -2.00. The quantitative estimate of drug-likeness (QED) is 0.396. The van der Waals surface area contributed by atoms with Crippen molar-refractivity contribution in [1.82, 2.24) is 0 Å². The van der Waals surface area contributed by atoms with Crippen LogP contribution in [0, 0.1) is 0 Å². The Morgan fingerprint density at radius 3 is 2.00 bits per heavy atom. The molecule has 0 spiro atoms. The first-order valence-corrected chi connectivity index (χ1v) is 8.56. The molecule has 0 aliphatic heterocycles. The van der Waals surface area contributed by atoms with E-state index in [-0.39, 0.29) is 5.97 Å². The second-order valence-corrected chi connectivity index (χ2v) is 5.72. The Labute approximate surface area is 140 Å².